The lowest BCUT2D eigenvalue weighted by atomic mass is 10.0. The minimum atomic E-state index is -0.887. The highest BCUT2D eigenvalue weighted by Crippen LogP contribution is 2.41. The van der Waals surface area contributed by atoms with E-state index in [0.29, 0.717) is 43.5 Å². The molecule has 1 N–H and O–H groups in total. The first kappa shape index (κ1) is 33.0. The fraction of sp³-hybridized carbons (Fsp3) is 0.135. The maximum absolute atomic E-state index is 14.4. The molecule has 1 atom stereocenters. The van der Waals surface area contributed by atoms with Crippen molar-refractivity contribution in [3.63, 3.8) is 0 Å². The molecule has 0 spiro atoms. The van der Waals surface area contributed by atoms with Gasteiger partial charge in [-0.15, -0.1) is 11.3 Å². The summed E-state index contributed by atoms with van der Waals surface area (Å²) < 4.78 is 12.5. The molecular weight excluding hydrogens is 666 g/mol. The monoisotopic (exact) mass is 695 g/mol. The highest BCUT2D eigenvalue weighted by Gasteiger charge is 2.30. The van der Waals surface area contributed by atoms with E-state index in [1.165, 1.54) is 23.0 Å². The number of para-hydroxylation sites is 1. The summed E-state index contributed by atoms with van der Waals surface area (Å²) in [5, 5.41) is 5.47. The number of anilines is 1. The minimum absolute atomic E-state index is 0.178. The Hall–Kier alpha value is -4.90. The molecule has 0 radical (unpaired) electrons. The lowest BCUT2D eigenvalue weighted by molar-refractivity contribution is -0.115. The van der Waals surface area contributed by atoms with Crippen LogP contribution in [0.25, 0.3) is 27.7 Å². The summed E-state index contributed by atoms with van der Waals surface area (Å²) in [6.45, 7) is 3.75. The molecule has 0 saturated heterocycles. The molecule has 0 aliphatic heterocycles. The number of ether oxygens (including phenoxy) is 2. The third-order valence-electron chi connectivity index (χ3n) is 7.60. The lowest BCUT2D eigenvalue weighted by Gasteiger charge is -2.21. The van der Waals surface area contributed by atoms with Crippen LogP contribution < -0.4 is 15.6 Å². The molecule has 4 aromatic carbocycles. The van der Waals surface area contributed by atoms with Crippen LogP contribution in [0.3, 0.4) is 0 Å². The molecule has 0 aliphatic carbocycles. The van der Waals surface area contributed by atoms with Gasteiger partial charge in [0.15, 0.2) is 5.16 Å². The number of esters is 1. The van der Waals surface area contributed by atoms with Gasteiger partial charge in [-0.3, -0.25) is 14.2 Å². The molecule has 8 nitrogen and oxygen atoms in total. The van der Waals surface area contributed by atoms with Gasteiger partial charge < -0.3 is 14.8 Å². The van der Waals surface area contributed by atoms with E-state index < -0.39 is 17.1 Å². The van der Waals surface area contributed by atoms with Gasteiger partial charge in [0, 0.05) is 22.0 Å². The number of halogens is 1. The van der Waals surface area contributed by atoms with E-state index in [0.717, 1.165) is 22.9 Å². The number of thioether (sulfide) groups is 1. The number of thiophene rings is 1. The number of hydrogen-bond acceptors (Lipinski definition) is 8. The van der Waals surface area contributed by atoms with Gasteiger partial charge in [0.05, 0.1) is 30.3 Å². The van der Waals surface area contributed by atoms with Crippen molar-refractivity contribution < 1.29 is 19.1 Å². The van der Waals surface area contributed by atoms with Crippen LogP contribution in [-0.2, 0) is 9.53 Å². The Morgan fingerprint density at radius 3 is 2.40 bits per heavy atom. The Labute approximate surface area is 290 Å². The van der Waals surface area contributed by atoms with Crippen molar-refractivity contribution in [3.8, 4) is 22.6 Å². The second kappa shape index (κ2) is 14.5. The zero-order chi connectivity index (χ0) is 33.8. The van der Waals surface area contributed by atoms with Gasteiger partial charge in [-0.2, -0.15) is 0 Å². The van der Waals surface area contributed by atoms with Crippen molar-refractivity contribution in [1.29, 1.82) is 0 Å². The van der Waals surface area contributed by atoms with E-state index in [4.69, 9.17) is 26.1 Å². The van der Waals surface area contributed by atoms with Crippen molar-refractivity contribution in [1.82, 2.24) is 9.55 Å². The number of benzene rings is 4. The van der Waals surface area contributed by atoms with E-state index in [1.54, 1.807) is 43.3 Å². The Morgan fingerprint density at radius 1 is 1.00 bits per heavy atom. The summed E-state index contributed by atoms with van der Waals surface area (Å²) in [6.07, 6.45) is 0. The van der Waals surface area contributed by atoms with Crippen LogP contribution >= 0.6 is 34.7 Å². The summed E-state index contributed by atoms with van der Waals surface area (Å²) in [7, 11) is 1.50. The predicted molar refractivity (Wildman–Crippen MR) is 193 cm³/mol. The molecule has 0 fully saturated rings. The molecule has 0 saturated carbocycles. The second-order valence-corrected chi connectivity index (χ2v) is 13.0. The fourth-order valence-electron chi connectivity index (χ4n) is 5.26. The Bertz CT molecular complexity index is 2190. The first-order chi connectivity index (χ1) is 23.3. The zero-order valence-electron chi connectivity index (χ0n) is 26.2. The number of methoxy groups -OCH3 is 1. The number of aromatic nitrogens is 2. The highest BCUT2D eigenvalue weighted by molar-refractivity contribution is 8.00. The topological polar surface area (TPSA) is 99.5 Å². The van der Waals surface area contributed by atoms with Crippen LogP contribution in [0.5, 0.6) is 5.75 Å². The second-order valence-electron chi connectivity index (χ2n) is 10.7. The molecular formula is C37H30ClN3O5S2. The normalized spacial score (nSPS) is 11.7. The van der Waals surface area contributed by atoms with Gasteiger partial charge in [0.25, 0.3) is 5.56 Å². The number of amides is 1. The van der Waals surface area contributed by atoms with E-state index in [2.05, 4.69) is 5.32 Å². The Kier molecular flexibility index (Phi) is 9.95. The first-order valence-corrected chi connectivity index (χ1v) is 17.2. The quantitative estimate of drug-likeness (QED) is 0.0869. The molecule has 0 aliphatic rings. The standard InChI is InChI=1S/C37H30ClN3O5S2/c1-4-46-36(44)31-26(23-13-7-5-8-14-23)21-47-34(31)40-33(42)32(24-15-9-6-10-16-24)48-37-39-28-18-12-11-17-25(28)35(43)41(37)29-19-22(2)27(38)20-30(29)45-3/h5-21,32H,4H2,1-3H3,(H,40,42). The van der Waals surface area contributed by atoms with Gasteiger partial charge in [0.2, 0.25) is 5.91 Å². The Morgan fingerprint density at radius 2 is 1.69 bits per heavy atom. The maximum atomic E-state index is 14.4. The molecule has 1 unspecified atom stereocenters. The number of aryl methyl sites for hydroxylation is 1. The molecule has 2 heterocycles. The van der Waals surface area contributed by atoms with Crippen molar-refractivity contribution in [2.45, 2.75) is 24.3 Å². The largest absolute Gasteiger partial charge is 0.495 e. The summed E-state index contributed by atoms with van der Waals surface area (Å²) >= 11 is 8.79. The molecule has 11 heteroatoms. The van der Waals surface area contributed by atoms with Crippen LogP contribution in [0.1, 0.15) is 33.7 Å². The van der Waals surface area contributed by atoms with Gasteiger partial charge in [-0.05, 0) is 48.7 Å². The van der Waals surface area contributed by atoms with Crippen molar-refractivity contribution in [3.05, 3.63) is 135 Å². The lowest BCUT2D eigenvalue weighted by Crippen LogP contribution is -2.25. The number of rotatable bonds is 10. The average Bonchev–Trinajstić information content (AvgIpc) is 3.52. The third-order valence-corrected chi connectivity index (χ3v) is 10.1. The van der Waals surface area contributed by atoms with Gasteiger partial charge in [-0.1, -0.05) is 96.2 Å². The van der Waals surface area contributed by atoms with Crippen LogP contribution in [0, 0.1) is 6.92 Å². The van der Waals surface area contributed by atoms with E-state index in [1.807, 2.05) is 73.0 Å². The number of hydrogen-bond donors (Lipinski definition) is 1. The van der Waals surface area contributed by atoms with Gasteiger partial charge in [0.1, 0.15) is 21.6 Å². The molecule has 48 heavy (non-hydrogen) atoms. The summed E-state index contributed by atoms with van der Waals surface area (Å²) in [6, 6.07) is 29.1. The Balaban J connectivity index is 1.48. The third kappa shape index (κ3) is 6.60. The first-order valence-electron chi connectivity index (χ1n) is 15.0. The van der Waals surface area contributed by atoms with Crippen molar-refractivity contribution >= 4 is 62.5 Å². The minimum Gasteiger partial charge on any atom is -0.495 e. The van der Waals surface area contributed by atoms with Gasteiger partial charge >= 0.3 is 5.97 Å². The molecule has 242 valence electrons. The fourth-order valence-corrected chi connectivity index (χ4v) is 7.48. The summed E-state index contributed by atoms with van der Waals surface area (Å²) in [5.74, 6) is -0.572. The van der Waals surface area contributed by atoms with E-state index in [9.17, 15) is 14.4 Å². The van der Waals surface area contributed by atoms with Crippen LogP contribution in [0.2, 0.25) is 5.02 Å². The van der Waals surface area contributed by atoms with Crippen molar-refractivity contribution in [2.24, 2.45) is 0 Å². The number of fused-ring (bicyclic) bond motifs is 1. The SMILES string of the molecule is CCOC(=O)c1c(-c2ccccc2)csc1NC(=O)C(Sc1nc2ccccc2c(=O)n1-c1cc(C)c(Cl)cc1OC)c1ccccc1. The van der Waals surface area contributed by atoms with Gasteiger partial charge in [-0.25, -0.2) is 9.78 Å². The average molecular weight is 696 g/mol. The number of carbonyl (C=O) groups excluding carboxylic acids is 2. The zero-order valence-corrected chi connectivity index (χ0v) is 28.6. The smallest absolute Gasteiger partial charge is 0.341 e. The molecule has 6 aromatic rings. The number of carbonyl (C=O) groups is 2. The molecule has 6 rings (SSSR count). The molecule has 0 bridgehead atoms. The summed E-state index contributed by atoms with van der Waals surface area (Å²) in [4.78, 5) is 46.7. The molecule has 2 aromatic heterocycles. The number of nitrogens with zero attached hydrogens (tertiary/aromatic N) is 2. The van der Waals surface area contributed by atoms with Crippen LogP contribution in [-0.4, -0.2) is 35.1 Å². The highest BCUT2D eigenvalue weighted by atomic mass is 35.5. The predicted octanol–water partition coefficient (Wildman–Crippen LogP) is 8.73. The molecule has 1 amide bonds. The van der Waals surface area contributed by atoms with Crippen LogP contribution in [0.4, 0.5) is 5.00 Å². The summed E-state index contributed by atoms with van der Waals surface area (Å²) in [5.41, 5.74) is 3.76. The van der Waals surface area contributed by atoms with E-state index in [-0.39, 0.29) is 22.9 Å². The van der Waals surface area contributed by atoms with Crippen LogP contribution in [0.15, 0.2) is 112 Å². The maximum Gasteiger partial charge on any atom is 0.341 e. The van der Waals surface area contributed by atoms with Crippen molar-refractivity contribution in [2.75, 3.05) is 19.0 Å². The van der Waals surface area contributed by atoms with E-state index >= 15 is 0 Å². The number of nitrogens with one attached hydrogen (secondary N) is 1.